The Balaban J connectivity index is 1.90. The maximum atomic E-state index is 5.55. The van der Waals surface area contributed by atoms with Gasteiger partial charge in [-0.15, -0.1) is 11.3 Å². The number of nitrogens with one attached hydrogen (secondary N) is 2. The molecule has 160 valence electrons. The van der Waals surface area contributed by atoms with E-state index in [2.05, 4.69) is 72.2 Å². The topological polar surface area (TPSA) is 52.1 Å². The van der Waals surface area contributed by atoms with Crippen molar-refractivity contribution in [1.82, 2.24) is 20.4 Å². The lowest BCUT2D eigenvalue weighted by atomic mass is 10.2. The summed E-state index contributed by atoms with van der Waals surface area (Å²) in [5.41, 5.74) is 0. The van der Waals surface area contributed by atoms with Crippen molar-refractivity contribution in [2.45, 2.75) is 52.7 Å². The molecule has 1 aromatic rings. The van der Waals surface area contributed by atoms with E-state index < -0.39 is 0 Å². The molecule has 6 nitrogen and oxygen atoms in total. The van der Waals surface area contributed by atoms with Crippen LogP contribution in [0.25, 0.3) is 0 Å². The number of morpholine rings is 1. The summed E-state index contributed by atoms with van der Waals surface area (Å²) in [6.45, 7) is 17.5. The number of aryl methyl sites for hydroxylation is 1. The van der Waals surface area contributed by atoms with Crippen molar-refractivity contribution in [2.75, 3.05) is 53.0 Å². The van der Waals surface area contributed by atoms with Gasteiger partial charge in [0.25, 0.3) is 0 Å². The third-order valence-electron chi connectivity index (χ3n) is 5.25. The standard InChI is InChI=1S/C21H39N5OS/c1-16(2)26(17(3)4)10-9-23-21(22-6)24-15-19(20-8-7-18(5)28-20)25-11-13-27-14-12-25/h7-8,16-17,19H,9-15H2,1-6H3,(H2,22,23,24). The Bertz CT molecular complexity index is 587. The minimum Gasteiger partial charge on any atom is -0.379 e. The van der Waals surface area contributed by atoms with E-state index in [0.717, 1.165) is 51.9 Å². The van der Waals surface area contributed by atoms with Crippen molar-refractivity contribution in [1.29, 1.82) is 0 Å². The average molecular weight is 410 g/mol. The van der Waals surface area contributed by atoms with E-state index in [1.165, 1.54) is 9.75 Å². The first-order valence-corrected chi connectivity index (χ1v) is 11.3. The van der Waals surface area contributed by atoms with Gasteiger partial charge in [-0.1, -0.05) is 0 Å². The average Bonchev–Trinajstić information content (AvgIpc) is 3.09. The molecule has 2 rings (SSSR count). The van der Waals surface area contributed by atoms with Gasteiger partial charge in [-0.25, -0.2) is 0 Å². The maximum absolute atomic E-state index is 5.55. The number of rotatable bonds is 9. The summed E-state index contributed by atoms with van der Waals surface area (Å²) >= 11 is 1.89. The van der Waals surface area contributed by atoms with Crippen molar-refractivity contribution in [3.63, 3.8) is 0 Å². The van der Waals surface area contributed by atoms with E-state index >= 15 is 0 Å². The third kappa shape index (κ3) is 7.03. The molecule has 0 amide bonds. The predicted octanol–water partition coefficient (Wildman–Crippen LogP) is 2.71. The SMILES string of the molecule is CN=C(NCCN(C(C)C)C(C)C)NCC(c1ccc(C)s1)N1CCOCC1. The fraction of sp³-hybridized carbons (Fsp3) is 0.762. The Hall–Kier alpha value is -1.15. The molecule has 1 saturated heterocycles. The van der Waals surface area contributed by atoms with Crippen molar-refractivity contribution in [2.24, 2.45) is 4.99 Å². The molecule has 0 spiro atoms. The Morgan fingerprint density at radius 1 is 1.18 bits per heavy atom. The summed E-state index contributed by atoms with van der Waals surface area (Å²) in [4.78, 5) is 12.2. The molecule has 1 atom stereocenters. The number of hydrogen-bond donors (Lipinski definition) is 2. The summed E-state index contributed by atoms with van der Waals surface area (Å²) in [5.74, 6) is 0.874. The molecule has 1 fully saturated rings. The van der Waals surface area contributed by atoms with Gasteiger partial charge in [-0.2, -0.15) is 0 Å². The lowest BCUT2D eigenvalue weighted by Crippen LogP contribution is -2.48. The van der Waals surface area contributed by atoms with Gasteiger partial charge in [0.15, 0.2) is 5.96 Å². The van der Waals surface area contributed by atoms with Crippen LogP contribution in [0.15, 0.2) is 17.1 Å². The predicted molar refractivity (Wildman–Crippen MR) is 121 cm³/mol. The third-order valence-corrected chi connectivity index (χ3v) is 6.35. The zero-order valence-corrected chi connectivity index (χ0v) is 19.3. The van der Waals surface area contributed by atoms with Gasteiger partial charge in [0.1, 0.15) is 0 Å². The number of aliphatic imine (C=N–C) groups is 1. The molecule has 0 saturated carbocycles. The van der Waals surface area contributed by atoms with Crippen LogP contribution in [0, 0.1) is 6.92 Å². The zero-order valence-electron chi connectivity index (χ0n) is 18.5. The minimum atomic E-state index is 0.351. The number of thiophene rings is 1. The lowest BCUT2D eigenvalue weighted by Gasteiger charge is -2.34. The summed E-state index contributed by atoms with van der Waals surface area (Å²) < 4.78 is 5.55. The fourth-order valence-corrected chi connectivity index (χ4v) is 4.77. The van der Waals surface area contributed by atoms with Crippen LogP contribution in [-0.4, -0.2) is 80.8 Å². The number of nitrogens with zero attached hydrogens (tertiary/aromatic N) is 3. The first-order valence-electron chi connectivity index (χ1n) is 10.5. The second kappa shape index (κ2) is 11.8. The van der Waals surface area contributed by atoms with Gasteiger partial charge in [-0.05, 0) is 46.8 Å². The van der Waals surface area contributed by atoms with Crippen LogP contribution >= 0.6 is 11.3 Å². The van der Waals surface area contributed by atoms with Crippen LogP contribution < -0.4 is 10.6 Å². The van der Waals surface area contributed by atoms with E-state index in [9.17, 15) is 0 Å². The summed E-state index contributed by atoms with van der Waals surface area (Å²) in [6.07, 6.45) is 0. The molecular weight excluding hydrogens is 370 g/mol. The molecule has 7 heteroatoms. The molecular formula is C21H39N5OS. The van der Waals surface area contributed by atoms with Gasteiger partial charge in [0, 0.05) is 61.6 Å². The van der Waals surface area contributed by atoms with Crippen LogP contribution in [0.2, 0.25) is 0 Å². The first kappa shape index (κ1) is 23.1. The van der Waals surface area contributed by atoms with Crippen LogP contribution in [0.3, 0.4) is 0 Å². The minimum absolute atomic E-state index is 0.351. The van der Waals surface area contributed by atoms with Gasteiger partial charge in [-0.3, -0.25) is 14.8 Å². The Labute approximate surface area is 175 Å². The van der Waals surface area contributed by atoms with Gasteiger partial charge in [0.2, 0.25) is 0 Å². The van der Waals surface area contributed by atoms with Gasteiger partial charge >= 0.3 is 0 Å². The van der Waals surface area contributed by atoms with Crippen LogP contribution in [0.1, 0.15) is 43.5 Å². The summed E-state index contributed by atoms with van der Waals surface area (Å²) in [7, 11) is 1.84. The molecule has 1 unspecified atom stereocenters. The molecule has 2 heterocycles. The highest BCUT2D eigenvalue weighted by Crippen LogP contribution is 2.27. The van der Waals surface area contributed by atoms with Crippen molar-refractivity contribution < 1.29 is 4.74 Å². The molecule has 1 aliphatic heterocycles. The van der Waals surface area contributed by atoms with Gasteiger partial charge < -0.3 is 15.4 Å². The molecule has 0 aliphatic carbocycles. The molecule has 0 aromatic carbocycles. The van der Waals surface area contributed by atoms with E-state index in [1.807, 2.05) is 18.4 Å². The largest absolute Gasteiger partial charge is 0.379 e. The fourth-order valence-electron chi connectivity index (χ4n) is 3.76. The summed E-state index contributed by atoms with van der Waals surface area (Å²) in [6, 6.07) is 5.92. The van der Waals surface area contributed by atoms with E-state index in [1.54, 1.807) is 0 Å². The highest BCUT2D eigenvalue weighted by atomic mass is 32.1. The molecule has 1 aliphatic rings. The number of guanidine groups is 1. The first-order chi connectivity index (χ1) is 13.4. The Kier molecular flexibility index (Phi) is 9.71. The number of ether oxygens (including phenoxy) is 1. The molecule has 2 N–H and O–H groups in total. The van der Waals surface area contributed by atoms with Crippen molar-refractivity contribution >= 4 is 17.3 Å². The van der Waals surface area contributed by atoms with Crippen LogP contribution in [0.4, 0.5) is 0 Å². The van der Waals surface area contributed by atoms with Crippen molar-refractivity contribution in [3.05, 3.63) is 21.9 Å². The molecule has 28 heavy (non-hydrogen) atoms. The van der Waals surface area contributed by atoms with E-state index in [0.29, 0.717) is 18.1 Å². The van der Waals surface area contributed by atoms with Crippen LogP contribution in [0.5, 0.6) is 0 Å². The quantitative estimate of drug-likeness (QED) is 0.485. The van der Waals surface area contributed by atoms with E-state index in [-0.39, 0.29) is 0 Å². The van der Waals surface area contributed by atoms with E-state index in [4.69, 9.17) is 4.74 Å². The second-order valence-electron chi connectivity index (χ2n) is 7.92. The highest BCUT2D eigenvalue weighted by Gasteiger charge is 2.24. The maximum Gasteiger partial charge on any atom is 0.191 e. The summed E-state index contributed by atoms with van der Waals surface area (Å²) in [5, 5.41) is 7.03. The smallest absolute Gasteiger partial charge is 0.191 e. The second-order valence-corrected chi connectivity index (χ2v) is 9.24. The zero-order chi connectivity index (χ0) is 20.5. The molecule has 0 radical (unpaired) electrons. The normalized spacial score (nSPS) is 17.5. The van der Waals surface area contributed by atoms with Crippen LogP contribution in [-0.2, 0) is 4.74 Å². The lowest BCUT2D eigenvalue weighted by molar-refractivity contribution is 0.0177. The van der Waals surface area contributed by atoms with Crippen molar-refractivity contribution in [3.8, 4) is 0 Å². The van der Waals surface area contributed by atoms with Gasteiger partial charge in [0.05, 0.1) is 19.3 Å². The molecule has 1 aromatic heterocycles. The Morgan fingerprint density at radius 2 is 1.86 bits per heavy atom. The monoisotopic (exact) mass is 409 g/mol. The molecule has 0 bridgehead atoms. The Morgan fingerprint density at radius 3 is 2.39 bits per heavy atom. The highest BCUT2D eigenvalue weighted by molar-refractivity contribution is 7.12. The number of hydrogen-bond acceptors (Lipinski definition) is 5.